The molecule has 1 aliphatic heterocycles. The molecule has 0 radical (unpaired) electrons. The van der Waals surface area contributed by atoms with Gasteiger partial charge in [-0.25, -0.2) is 0 Å². The van der Waals surface area contributed by atoms with Crippen molar-refractivity contribution in [2.24, 2.45) is 7.05 Å². The van der Waals surface area contributed by atoms with E-state index < -0.39 is 0 Å². The summed E-state index contributed by atoms with van der Waals surface area (Å²) in [5, 5.41) is 10.9. The van der Waals surface area contributed by atoms with Gasteiger partial charge in [-0.1, -0.05) is 0 Å². The third-order valence-corrected chi connectivity index (χ3v) is 2.58. The molecule has 82 valence electrons. The molecule has 2 rings (SSSR count). The van der Waals surface area contributed by atoms with Crippen LogP contribution >= 0.6 is 0 Å². The van der Waals surface area contributed by atoms with E-state index in [2.05, 4.69) is 15.5 Å². The highest BCUT2D eigenvalue weighted by Crippen LogP contribution is 2.00. The topological polar surface area (TPSA) is 63.1 Å². The number of amides is 1. The van der Waals surface area contributed by atoms with E-state index in [0.29, 0.717) is 6.42 Å². The molecule has 0 spiro atoms. The lowest BCUT2D eigenvalue weighted by Gasteiger charge is -2.27. The summed E-state index contributed by atoms with van der Waals surface area (Å²) in [6.07, 6.45) is 1.96. The normalized spacial score (nSPS) is 16.7. The van der Waals surface area contributed by atoms with Crippen LogP contribution < -0.4 is 5.32 Å². The van der Waals surface area contributed by atoms with Gasteiger partial charge in [0.15, 0.2) is 0 Å². The predicted molar refractivity (Wildman–Crippen MR) is 54.2 cm³/mol. The smallest absolute Gasteiger partial charge is 0.230 e. The highest BCUT2D eigenvalue weighted by molar-refractivity contribution is 5.78. The van der Waals surface area contributed by atoms with E-state index in [1.807, 2.05) is 11.9 Å². The Morgan fingerprint density at radius 2 is 2.27 bits per heavy atom. The van der Waals surface area contributed by atoms with Crippen LogP contribution in [0, 0.1) is 0 Å². The van der Waals surface area contributed by atoms with Gasteiger partial charge in [0, 0.05) is 33.2 Å². The van der Waals surface area contributed by atoms with Crippen molar-refractivity contribution in [1.29, 1.82) is 0 Å². The molecule has 0 bridgehead atoms. The van der Waals surface area contributed by atoms with Gasteiger partial charge < -0.3 is 14.8 Å². The van der Waals surface area contributed by atoms with Crippen molar-refractivity contribution in [2.75, 3.05) is 26.2 Å². The number of aryl methyl sites for hydroxylation is 1. The summed E-state index contributed by atoms with van der Waals surface area (Å²) < 4.78 is 1.78. The standard InChI is InChI=1S/C9H15N5O/c1-13-7-11-12-8(13)6-9(15)14-4-2-10-3-5-14/h7,10H,2-6H2,1H3. The summed E-state index contributed by atoms with van der Waals surface area (Å²) in [6.45, 7) is 3.34. The van der Waals surface area contributed by atoms with Crippen LogP contribution in [0.25, 0.3) is 0 Å². The SMILES string of the molecule is Cn1cnnc1CC(=O)N1CCNCC1. The van der Waals surface area contributed by atoms with Gasteiger partial charge in [-0.3, -0.25) is 4.79 Å². The summed E-state index contributed by atoms with van der Waals surface area (Å²) in [5.41, 5.74) is 0. The van der Waals surface area contributed by atoms with Crippen molar-refractivity contribution in [3.05, 3.63) is 12.2 Å². The molecule has 1 aromatic rings. The number of carbonyl (C=O) groups is 1. The molecule has 0 atom stereocenters. The van der Waals surface area contributed by atoms with Crippen LogP contribution in [0.4, 0.5) is 0 Å². The molecule has 6 heteroatoms. The number of aromatic nitrogens is 3. The molecule has 0 aromatic carbocycles. The second-order valence-electron chi connectivity index (χ2n) is 3.67. The molecule has 1 aliphatic rings. The first-order chi connectivity index (χ1) is 7.27. The Hall–Kier alpha value is -1.43. The molecule has 0 unspecified atom stereocenters. The maximum atomic E-state index is 11.8. The number of carbonyl (C=O) groups excluding carboxylic acids is 1. The van der Waals surface area contributed by atoms with Crippen molar-refractivity contribution in [3.8, 4) is 0 Å². The Balaban J connectivity index is 1.94. The maximum absolute atomic E-state index is 11.8. The Morgan fingerprint density at radius 1 is 1.53 bits per heavy atom. The fourth-order valence-corrected chi connectivity index (χ4v) is 1.63. The lowest BCUT2D eigenvalue weighted by molar-refractivity contribution is -0.131. The summed E-state index contributed by atoms with van der Waals surface area (Å²) in [4.78, 5) is 13.7. The molecule has 1 aromatic heterocycles. The minimum atomic E-state index is 0.132. The third kappa shape index (κ3) is 2.33. The summed E-state index contributed by atoms with van der Waals surface area (Å²) in [6, 6.07) is 0. The Morgan fingerprint density at radius 3 is 2.87 bits per heavy atom. The average Bonchev–Trinajstić information content (AvgIpc) is 2.66. The molecule has 1 saturated heterocycles. The summed E-state index contributed by atoms with van der Waals surface area (Å²) >= 11 is 0. The predicted octanol–water partition coefficient (Wildman–Crippen LogP) is -1.21. The van der Waals surface area contributed by atoms with Crippen molar-refractivity contribution >= 4 is 5.91 Å². The highest BCUT2D eigenvalue weighted by atomic mass is 16.2. The van der Waals surface area contributed by atoms with E-state index in [-0.39, 0.29) is 5.91 Å². The zero-order valence-corrected chi connectivity index (χ0v) is 8.81. The monoisotopic (exact) mass is 209 g/mol. The van der Waals surface area contributed by atoms with E-state index in [1.54, 1.807) is 10.9 Å². The van der Waals surface area contributed by atoms with Crippen molar-refractivity contribution < 1.29 is 4.79 Å². The number of piperazine rings is 1. The lowest BCUT2D eigenvalue weighted by Crippen LogP contribution is -2.47. The Bertz CT molecular complexity index is 342. The minimum absolute atomic E-state index is 0.132. The van der Waals surface area contributed by atoms with Gasteiger partial charge in [0.2, 0.25) is 5.91 Å². The molecule has 1 fully saturated rings. The highest BCUT2D eigenvalue weighted by Gasteiger charge is 2.17. The molecule has 0 aliphatic carbocycles. The summed E-state index contributed by atoms with van der Waals surface area (Å²) in [5.74, 6) is 0.853. The number of rotatable bonds is 2. The molecular formula is C9H15N5O. The first kappa shape index (κ1) is 10.1. The first-order valence-corrected chi connectivity index (χ1v) is 5.09. The zero-order chi connectivity index (χ0) is 10.7. The van der Waals surface area contributed by atoms with Gasteiger partial charge >= 0.3 is 0 Å². The van der Waals surface area contributed by atoms with E-state index in [9.17, 15) is 4.79 Å². The average molecular weight is 209 g/mol. The molecular weight excluding hydrogens is 194 g/mol. The van der Waals surface area contributed by atoms with E-state index in [1.165, 1.54) is 0 Å². The minimum Gasteiger partial charge on any atom is -0.340 e. The largest absolute Gasteiger partial charge is 0.340 e. The van der Waals surface area contributed by atoms with Crippen molar-refractivity contribution in [3.63, 3.8) is 0 Å². The number of nitrogens with zero attached hydrogens (tertiary/aromatic N) is 4. The van der Waals surface area contributed by atoms with Crippen molar-refractivity contribution in [1.82, 2.24) is 25.0 Å². The fraction of sp³-hybridized carbons (Fsp3) is 0.667. The van der Waals surface area contributed by atoms with Crippen LogP contribution in [0.1, 0.15) is 5.82 Å². The van der Waals surface area contributed by atoms with E-state index in [4.69, 9.17) is 0 Å². The van der Waals surface area contributed by atoms with Gasteiger partial charge in [-0.05, 0) is 0 Å². The molecule has 2 heterocycles. The maximum Gasteiger partial charge on any atom is 0.230 e. The van der Waals surface area contributed by atoms with Gasteiger partial charge in [0.05, 0.1) is 6.42 Å². The molecule has 0 saturated carbocycles. The molecule has 1 N–H and O–H groups in total. The number of hydrogen-bond acceptors (Lipinski definition) is 4. The van der Waals surface area contributed by atoms with Crippen LogP contribution in [0.5, 0.6) is 0 Å². The third-order valence-electron chi connectivity index (χ3n) is 2.58. The van der Waals surface area contributed by atoms with E-state index >= 15 is 0 Å². The summed E-state index contributed by atoms with van der Waals surface area (Å²) in [7, 11) is 1.85. The van der Waals surface area contributed by atoms with Gasteiger partial charge in [0.1, 0.15) is 12.2 Å². The molecule has 1 amide bonds. The quantitative estimate of drug-likeness (QED) is 0.664. The fourth-order valence-electron chi connectivity index (χ4n) is 1.63. The van der Waals surface area contributed by atoms with Crippen LogP contribution in [-0.4, -0.2) is 51.8 Å². The number of nitrogens with one attached hydrogen (secondary N) is 1. The molecule has 6 nitrogen and oxygen atoms in total. The lowest BCUT2D eigenvalue weighted by atomic mass is 10.3. The van der Waals surface area contributed by atoms with Crippen LogP contribution in [0.3, 0.4) is 0 Å². The van der Waals surface area contributed by atoms with Gasteiger partial charge in [-0.15, -0.1) is 10.2 Å². The van der Waals surface area contributed by atoms with E-state index in [0.717, 1.165) is 32.0 Å². The van der Waals surface area contributed by atoms with Crippen LogP contribution in [0.2, 0.25) is 0 Å². The Kier molecular flexibility index (Phi) is 2.96. The van der Waals surface area contributed by atoms with Crippen molar-refractivity contribution in [2.45, 2.75) is 6.42 Å². The molecule has 15 heavy (non-hydrogen) atoms. The van der Waals surface area contributed by atoms with Crippen LogP contribution in [0.15, 0.2) is 6.33 Å². The van der Waals surface area contributed by atoms with Crippen LogP contribution in [-0.2, 0) is 18.3 Å². The van der Waals surface area contributed by atoms with Gasteiger partial charge in [0.25, 0.3) is 0 Å². The number of hydrogen-bond donors (Lipinski definition) is 1. The first-order valence-electron chi connectivity index (χ1n) is 5.09. The second kappa shape index (κ2) is 4.39. The second-order valence-corrected chi connectivity index (χ2v) is 3.67. The van der Waals surface area contributed by atoms with Gasteiger partial charge in [-0.2, -0.15) is 0 Å². The Labute approximate surface area is 88.3 Å². The zero-order valence-electron chi connectivity index (χ0n) is 8.81.